The van der Waals surface area contributed by atoms with Crippen LogP contribution in [0, 0.1) is 37.3 Å². The fraction of sp³-hybridized carbons (Fsp3) is 0.253. The minimum atomic E-state index is -0.851. The molecule has 28 heteroatoms. The van der Waals surface area contributed by atoms with Crippen molar-refractivity contribution in [1.82, 2.24) is 33.6 Å². The van der Waals surface area contributed by atoms with Gasteiger partial charge >= 0.3 is 0 Å². The summed E-state index contributed by atoms with van der Waals surface area (Å²) in [5.74, 6) is 2.99. The van der Waals surface area contributed by atoms with E-state index in [-0.39, 0.29) is 38.6 Å². The number of benzene rings is 9. The molecule has 0 aliphatic rings. The Morgan fingerprint density at radius 2 is 0.766 bits per heavy atom. The van der Waals surface area contributed by atoms with E-state index < -0.39 is 37.2 Å². The first-order chi connectivity index (χ1) is 52.5. The molecule has 4 heterocycles. The number of aliphatic hydroxyl groups is 4. The minimum absolute atomic E-state index is 0.0211. The van der Waals surface area contributed by atoms with Crippen molar-refractivity contribution in [2.24, 2.45) is 0 Å². The smallest absolute Gasteiger partial charge is 0.291 e. The predicted molar refractivity (Wildman–Crippen MR) is 427 cm³/mol. The van der Waals surface area contributed by atoms with Gasteiger partial charge in [-0.25, -0.2) is 19.9 Å². The maximum Gasteiger partial charge on any atom is 0.291 e. The van der Waals surface area contributed by atoms with Gasteiger partial charge in [-0.3, -0.25) is 30.3 Å². The molecule has 0 saturated carbocycles. The zero-order valence-electron chi connectivity index (χ0n) is 62.7. The highest BCUT2D eigenvalue weighted by Gasteiger charge is 2.22. The Morgan fingerprint density at radius 3 is 1.19 bits per heavy atom. The van der Waals surface area contributed by atoms with E-state index in [4.69, 9.17) is 47.3 Å². The van der Waals surface area contributed by atoms with Crippen molar-refractivity contribution in [2.45, 2.75) is 137 Å². The monoisotopic (exact) mass is 1550 g/mol. The molecule has 13 rings (SSSR count). The van der Waals surface area contributed by atoms with Gasteiger partial charge in [-0.15, -0.1) is 0 Å². The average molecular weight is 1550 g/mol. The second kappa shape index (κ2) is 38.9. The van der Waals surface area contributed by atoms with E-state index in [1.807, 2.05) is 166 Å². The number of hydrogen-bond acceptors (Lipinski definition) is 20. The Bertz CT molecular complexity index is 5210. The number of rotatable bonds is 23. The van der Waals surface area contributed by atoms with Gasteiger partial charge < -0.3 is 63.3 Å². The van der Waals surface area contributed by atoms with Gasteiger partial charge in [0.25, 0.3) is 17.1 Å². The number of phenols is 2. The van der Waals surface area contributed by atoms with Gasteiger partial charge in [0.05, 0.1) is 127 Å². The summed E-state index contributed by atoms with van der Waals surface area (Å²) in [6.07, 6.45) is 6.06. The van der Waals surface area contributed by atoms with E-state index in [1.54, 1.807) is 111 Å². The minimum Gasteiger partial charge on any atom is -0.508 e. The number of nitrogens with zero attached hydrogens (tertiary/aromatic N) is 10. The predicted octanol–water partition coefficient (Wildman–Crippen LogP) is 17.9. The SMILES string of the molecule is CC(C)(O)CCc1ccc(OCc2ccccc2)cc1[N+](=O)[O-].CC(C)(O)Cn1cnc2cc(O)ccc21.CC(C)(O)Cn1cnc2cc(OCc3ccccc3)ccc21.Cc1cccc(Oc2ccc3c(c2)ncn3CC(C)(C)O)n1.O=[N+]([O-])c1cc(O)ccc1Cl.O=[N+]([O-])c1cc(OCc2ccccc2)ccc1Cl. The number of halogens is 2. The Balaban J connectivity index is 0.000000170. The maximum atomic E-state index is 11.3. The van der Waals surface area contributed by atoms with Crippen LogP contribution >= 0.6 is 23.2 Å². The molecular weight excluding hydrogens is 1460 g/mol. The molecule has 111 heavy (non-hydrogen) atoms. The van der Waals surface area contributed by atoms with Gasteiger partial charge in [-0.1, -0.05) is 120 Å². The molecule has 0 spiro atoms. The van der Waals surface area contributed by atoms with Gasteiger partial charge in [-0.05, 0) is 171 Å². The highest BCUT2D eigenvalue weighted by molar-refractivity contribution is 6.33. The highest BCUT2D eigenvalue weighted by Crippen LogP contribution is 2.33. The molecule has 6 N–H and O–H groups in total. The summed E-state index contributed by atoms with van der Waals surface area (Å²) < 4.78 is 28.4. The Morgan fingerprint density at radius 1 is 0.405 bits per heavy atom. The number of nitro groups is 3. The molecular formula is C83H88Cl2N10O16. The summed E-state index contributed by atoms with van der Waals surface area (Å²) >= 11 is 11.1. The number of phenolic OH excluding ortho intramolecular Hbond substituents is 2. The summed E-state index contributed by atoms with van der Waals surface area (Å²) in [7, 11) is 0. The van der Waals surface area contributed by atoms with Gasteiger partial charge in [0.1, 0.15) is 64.4 Å². The number of imidazole rings is 3. The van der Waals surface area contributed by atoms with Crippen LogP contribution in [0.4, 0.5) is 17.1 Å². The fourth-order valence-corrected chi connectivity index (χ4v) is 11.0. The van der Waals surface area contributed by atoms with Crippen LogP contribution in [0.2, 0.25) is 10.0 Å². The molecule has 0 fully saturated rings. The van der Waals surface area contributed by atoms with Crippen molar-refractivity contribution < 1.29 is 64.4 Å². The molecule has 26 nitrogen and oxygen atoms in total. The van der Waals surface area contributed by atoms with Crippen LogP contribution in [0.1, 0.15) is 89.8 Å². The molecule has 580 valence electrons. The quantitative estimate of drug-likeness (QED) is 0.0256. The normalized spacial score (nSPS) is 11.2. The number of aryl methyl sites for hydroxylation is 2. The molecule has 0 aliphatic carbocycles. The zero-order chi connectivity index (χ0) is 80.6. The molecule has 0 unspecified atom stereocenters. The molecule has 9 aromatic carbocycles. The molecule has 0 atom stereocenters. The molecule has 4 aromatic heterocycles. The first-order valence-electron chi connectivity index (χ1n) is 34.9. The second-order valence-electron chi connectivity index (χ2n) is 28.2. The summed E-state index contributed by atoms with van der Waals surface area (Å²) in [6.45, 7) is 18.7. The molecule has 0 bridgehead atoms. The van der Waals surface area contributed by atoms with Gasteiger partial charge in [0.15, 0.2) is 0 Å². The Kier molecular flexibility index (Phi) is 29.6. The number of fused-ring (bicyclic) bond motifs is 3. The molecule has 0 aliphatic heterocycles. The fourth-order valence-electron chi connectivity index (χ4n) is 10.7. The number of pyridine rings is 1. The van der Waals surface area contributed by atoms with Crippen molar-refractivity contribution in [3.63, 3.8) is 0 Å². The van der Waals surface area contributed by atoms with E-state index in [0.717, 1.165) is 67.3 Å². The van der Waals surface area contributed by atoms with Gasteiger partial charge in [-0.2, -0.15) is 0 Å². The molecule has 0 saturated heterocycles. The number of ether oxygens (including phenoxy) is 4. The van der Waals surface area contributed by atoms with Crippen molar-refractivity contribution in [2.75, 3.05) is 0 Å². The third kappa shape index (κ3) is 28.2. The van der Waals surface area contributed by atoms with Crippen LogP contribution in [0.15, 0.2) is 237 Å². The lowest BCUT2D eigenvalue weighted by atomic mass is 9.98. The Labute approximate surface area is 651 Å². The second-order valence-corrected chi connectivity index (χ2v) is 29.0. The lowest BCUT2D eigenvalue weighted by Gasteiger charge is -2.18. The standard InChI is InChI=1S/C18H20N2O2.C18H21NO4.C17H19N3O2.C13H10ClNO3.C11H14N2O2.C6H4ClNO3/c1-18(2,21)12-20-13-19-16-10-15(8-9-17(16)20)22-11-14-6-4-3-5-7-14;1-18(2,20)11-10-15-8-9-16(12-17(15)19(21)22)23-13-14-6-4-3-5-7-14;1-12-5-4-6-16(19-12)22-13-7-8-15-14(9-13)18-11-20(15)10-17(2,3)21;14-12-7-6-11(8-13(12)15(16)17)18-9-10-4-2-1-3-5-10;1-11(2,15)6-13-7-12-9-5-8(14)3-4-10(9)13;7-5-2-1-4(9)3-6(5)8(10)11/h3-10,13,21H,11-12H2,1-2H3;3-9,12,20H,10-11,13H2,1-2H3;4-9,11,21H,10H2,1-3H3;1-8H,9H2;3-5,7,14-15H,6H2,1-2H3;1-3,9H. The van der Waals surface area contributed by atoms with E-state index in [9.17, 15) is 55.9 Å². The third-order valence-corrected chi connectivity index (χ3v) is 16.4. The number of nitro benzene ring substituents is 3. The van der Waals surface area contributed by atoms with Gasteiger partial charge in [0.2, 0.25) is 5.88 Å². The van der Waals surface area contributed by atoms with Crippen LogP contribution in [0.3, 0.4) is 0 Å². The zero-order valence-corrected chi connectivity index (χ0v) is 64.2. The largest absolute Gasteiger partial charge is 0.508 e. The third-order valence-electron chi connectivity index (χ3n) is 15.8. The molecule has 0 radical (unpaired) electrons. The summed E-state index contributed by atoms with van der Waals surface area (Å²) in [5, 5.41) is 89.7. The van der Waals surface area contributed by atoms with Crippen molar-refractivity contribution in [3.05, 3.63) is 306 Å². The lowest BCUT2D eigenvalue weighted by molar-refractivity contribution is -0.385. The number of aromatic nitrogens is 7. The lowest BCUT2D eigenvalue weighted by Crippen LogP contribution is -2.25. The number of aromatic hydroxyl groups is 2. The first-order valence-corrected chi connectivity index (χ1v) is 35.6. The average Bonchev–Trinajstić information content (AvgIpc) is 1.68. The molecule has 0 amide bonds. The first kappa shape index (κ1) is 84.6. The van der Waals surface area contributed by atoms with Crippen LogP contribution < -0.4 is 18.9 Å². The Hall–Kier alpha value is -12.0. The summed E-state index contributed by atoms with van der Waals surface area (Å²) in [5.41, 5.74) is 6.36. The van der Waals surface area contributed by atoms with Crippen molar-refractivity contribution in [1.29, 1.82) is 0 Å². The number of hydrogen-bond donors (Lipinski definition) is 6. The van der Waals surface area contributed by atoms with Crippen LogP contribution in [0.5, 0.6) is 40.4 Å². The van der Waals surface area contributed by atoms with E-state index >= 15 is 0 Å². The molecule has 13 aromatic rings. The maximum absolute atomic E-state index is 11.3. The van der Waals surface area contributed by atoms with Crippen molar-refractivity contribution in [3.8, 4) is 40.4 Å². The van der Waals surface area contributed by atoms with Crippen LogP contribution in [-0.2, 0) is 45.9 Å². The van der Waals surface area contributed by atoms with E-state index in [0.29, 0.717) is 81.0 Å². The van der Waals surface area contributed by atoms with Crippen LogP contribution in [0.25, 0.3) is 33.1 Å². The topological polar surface area (TPSA) is 354 Å². The highest BCUT2D eigenvalue weighted by atomic mass is 35.5. The van der Waals surface area contributed by atoms with E-state index in [2.05, 4.69) is 19.9 Å². The van der Waals surface area contributed by atoms with Crippen molar-refractivity contribution >= 4 is 73.4 Å². The van der Waals surface area contributed by atoms with Crippen LogP contribution in [-0.4, -0.2) is 101 Å². The summed E-state index contributed by atoms with van der Waals surface area (Å²) in [6, 6.07) is 64.3. The van der Waals surface area contributed by atoms with Gasteiger partial charge in [0, 0.05) is 35.5 Å². The van der Waals surface area contributed by atoms with E-state index in [1.165, 1.54) is 30.3 Å². The summed E-state index contributed by atoms with van der Waals surface area (Å²) in [4.78, 5) is 47.8.